The summed E-state index contributed by atoms with van der Waals surface area (Å²) in [6.45, 7) is 0. The molecule has 61 heavy (non-hydrogen) atoms. The number of benzene rings is 10. The van der Waals surface area contributed by atoms with Crippen LogP contribution in [0.3, 0.4) is 0 Å². The number of para-hydroxylation sites is 2. The number of anilines is 3. The normalized spacial score (nSPS) is 12.9. The van der Waals surface area contributed by atoms with Gasteiger partial charge in [0.15, 0.2) is 0 Å². The van der Waals surface area contributed by atoms with Crippen molar-refractivity contribution in [2.24, 2.45) is 0 Å². The molecule has 1 aliphatic carbocycles. The van der Waals surface area contributed by atoms with E-state index in [0.717, 1.165) is 39.7 Å². The molecule has 0 radical (unpaired) electrons. The summed E-state index contributed by atoms with van der Waals surface area (Å²) in [5, 5.41) is 2.48. The zero-order valence-corrected chi connectivity index (χ0v) is 33.4. The predicted octanol–water partition coefficient (Wildman–Crippen LogP) is 15.8. The smallest absolute Gasteiger partial charge is 0.132 e. The maximum Gasteiger partial charge on any atom is 0.132 e. The standard InChI is InChI=1S/C59H39NO/c1-3-13-40(14-4-1)43-25-30-48(31-26-43)60(49-32-27-44(28-33-49)41-15-5-2-6-16-41)50-34-35-51-52-38-47(46-24-23-42-17-7-8-18-45(42)37-46)29-36-53(52)59(56(51)39-50)54-19-9-11-21-57(54)61-58-22-12-10-20-55(58)59/h1-39H. The Kier molecular flexibility index (Phi) is 8.11. The van der Waals surface area contributed by atoms with Crippen LogP contribution >= 0.6 is 0 Å². The van der Waals surface area contributed by atoms with Gasteiger partial charge in [-0.3, -0.25) is 0 Å². The van der Waals surface area contributed by atoms with E-state index >= 15 is 0 Å². The number of hydrogen-bond acceptors (Lipinski definition) is 2. The van der Waals surface area contributed by atoms with Crippen molar-refractivity contribution in [1.82, 2.24) is 0 Å². The van der Waals surface area contributed by atoms with E-state index in [1.165, 1.54) is 66.4 Å². The van der Waals surface area contributed by atoms with Crippen LogP contribution in [0.1, 0.15) is 22.3 Å². The molecule has 0 saturated carbocycles. The van der Waals surface area contributed by atoms with Gasteiger partial charge in [0.1, 0.15) is 11.5 Å². The van der Waals surface area contributed by atoms with Gasteiger partial charge in [0.05, 0.1) is 5.41 Å². The van der Waals surface area contributed by atoms with Gasteiger partial charge in [-0.05, 0) is 127 Å². The molecule has 0 N–H and O–H groups in total. The van der Waals surface area contributed by atoms with Crippen molar-refractivity contribution in [1.29, 1.82) is 0 Å². The summed E-state index contributed by atoms with van der Waals surface area (Å²) >= 11 is 0. The number of nitrogens with zero attached hydrogens (tertiary/aromatic N) is 1. The molecule has 0 unspecified atom stereocenters. The summed E-state index contributed by atoms with van der Waals surface area (Å²) in [6, 6.07) is 86.0. The minimum Gasteiger partial charge on any atom is -0.457 e. The second-order valence-corrected chi connectivity index (χ2v) is 16.1. The van der Waals surface area contributed by atoms with Crippen molar-refractivity contribution < 1.29 is 4.74 Å². The third-order valence-corrected chi connectivity index (χ3v) is 12.7. The van der Waals surface area contributed by atoms with E-state index < -0.39 is 5.41 Å². The molecule has 10 aromatic carbocycles. The van der Waals surface area contributed by atoms with Crippen LogP contribution in [-0.2, 0) is 5.41 Å². The van der Waals surface area contributed by atoms with E-state index in [2.05, 4.69) is 241 Å². The summed E-state index contributed by atoms with van der Waals surface area (Å²) in [7, 11) is 0. The zero-order valence-electron chi connectivity index (χ0n) is 33.4. The predicted molar refractivity (Wildman–Crippen MR) is 252 cm³/mol. The molecular formula is C59H39NO. The highest BCUT2D eigenvalue weighted by Gasteiger charge is 2.51. The largest absolute Gasteiger partial charge is 0.457 e. The topological polar surface area (TPSA) is 12.5 Å². The molecule has 0 amide bonds. The Balaban J connectivity index is 1.08. The molecular weight excluding hydrogens is 739 g/mol. The first kappa shape index (κ1) is 35.0. The van der Waals surface area contributed by atoms with Crippen LogP contribution in [0.5, 0.6) is 11.5 Å². The second kappa shape index (κ2) is 14.1. The Morgan fingerprint density at radius 3 is 1.38 bits per heavy atom. The van der Waals surface area contributed by atoms with Crippen molar-refractivity contribution in [2.45, 2.75) is 5.41 Å². The molecule has 1 spiro atoms. The molecule has 10 aromatic rings. The summed E-state index contributed by atoms with van der Waals surface area (Å²) < 4.78 is 6.73. The maximum absolute atomic E-state index is 6.73. The summed E-state index contributed by atoms with van der Waals surface area (Å²) in [5.41, 5.74) is 17.1. The van der Waals surface area contributed by atoms with E-state index in [9.17, 15) is 0 Å². The molecule has 0 aromatic heterocycles. The van der Waals surface area contributed by atoms with Crippen LogP contribution < -0.4 is 9.64 Å². The van der Waals surface area contributed by atoms with Crippen molar-refractivity contribution in [2.75, 3.05) is 4.90 Å². The molecule has 2 heteroatoms. The van der Waals surface area contributed by atoms with Crippen LogP contribution in [0.2, 0.25) is 0 Å². The van der Waals surface area contributed by atoms with Gasteiger partial charge in [-0.1, -0.05) is 176 Å². The molecule has 1 heterocycles. The third-order valence-electron chi connectivity index (χ3n) is 12.7. The van der Waals surface area contributed by atoms with Crippen LogP contribution in [0, 0.1) is 0 Å². The van der Waals surface area contributed by atoms with Crippen LogP contribution in [0.15, 0.2) is 237 Å². The van der Waals surface area contributed by atoms with Gasteiger partial charge in [0.2, 0.25) is 0 Å². The average molecular weight is 778 g/mol. The van der Waals surface area contributed by atoms with E-state index in [1.54, 1.807) is 0 Å². The summed E-state index contributed by atoms with van der Waals surface area (Å²) in [4.78, 5) is 2.40. The SMILES string of the molecule is c1ccc(-c2ccc(N(c3ccc(-c4ccccc4)cc3)c3ccc4c(c3)C3(c5ccccc5Oc5ccccc53)c3ccc(-c5ccc6ccccc6c5)cc3-4)cc2)cc1. The Morgan fingerprint density at radius 2 is 0.754 bits per heavy atom. The van der Waals surface area contributed by atoms with Gasteiger partial charge in [-0.15, -0.1) is 0 Å². The number of hydrogen-bond donors (Lipinski definition) is 0. The first-order chi connectivity index (χ1) is 30.2. The Bertz CT molecular complexity index is 3130. The average Bonchev–Trinajstić information content (AvgIpc) is 3.61. The van der Waals surface area contributed by atoms with Gasteiger partial charge in [-0.2, -0.15) is 0 Å². The van der Waals surface area contributed by atoms with Gasteiger partial charge in [-0.25, -0.2) is 0 Å². The highest BCUT2D eigenvalue weighted by molar-refractivity contribution is 5.94. The minimum absolute atomic E-state index is 0.617. The number of fused-ring (bicyclic) bond motifs is 10. The summed E-state index contributed by atoms with van der Waals surface area (Å²) in [5.74, 6) is 1.77. The number of ether oxygens (including phenoxy) is 1. The first-order valence-corrected chi connectivity index (χ1v) is 21.0. The molecule has 2 aliphatic rings. The highest BCUT2D eigenvalue weighted by atomic mass is 16.5. The fourth-order valence-electron chi connectivity index (χ4n) is 9.89. The van der Waals surface area contributed by atoms with Gasteiger partial charge in [0.25, 0.3) is 0 Å². The van der Waals surface area contributed by atoms with E-state index in [0.29, 0.717) is 0 Å². The first-order valence-electron chi connectivity index (χ1n) is 21.0. The zero-order chi connectivity index (χ0) is 40.3. The molecule has 12 rings (SSSR count). The molecule has 0 bridgehead atoms. The fourth-order valence-corrected chi connectivity index (χ4v) is 9.89. The molecule has 2 nitrogen and oxygen atoms in total. The Labute approximate surface area is 356 Å². The third kappa shape index (κ3) is 5.64. The van der Waals surface area contributed by atoms with Crippen LogP contribution in [-0.4, -0.2) is 0 Å². The molecule has 0 atom stereocenters. The highest BCUT2D eigenvalue weighted by Crippen LogP contribution is 2.63. The van der Waals surface area contributed by atoms with Crippen molar-refractivity contribution in [3.05, 3.63) is 259 Å². The van der Waals surface area contributed by atoms with Crippen molar-refractivity contribution >= 4 is 27.8 Å². The van der Waals surface area contributed by atoms with Crippen LogP contribution in [0.4, 0.5) is 17.1 Å². The second-order valence-electron chi connectivity index (χ2n) is 16.1. The maximum atomic E-state index is 6.73. The van der Waals surface area contributed by atoms with Crippen molar-refractivity contribution in [3.8, 4) is 56.0 Å². The Morgan fingerprint density at radius 1 is 0.279 bits per heavy atom. The summed E-state index contributed by atoms with van der Waals surface area (Å²) in [6.07, 6.45) is 0. The van der Waals surface area contributed by atoms with E-state index in [1.807, 2.05) is 0 Å². The van der Waals surface area contributed by atoms with Crippen LogP contribution in [0.25, 0.3) is 55.3 Å². The van der Waals surface area contributed by atoms with Crippen molar-refractivity contribution in [3.63, 3.8) is 0 Å². The van der Waals surface area contributed by atoms with Gasteiger partial charge in [0, 0.05) is 28.2 Å². The minimum atomic E-state index is -0.617. The lowest BCUT2D eigenvalue weighted by atomic mass is 9.66. The van der Waals surface area contributed by atoms with E-state index in [4.69, 9.17) is 4.74 Å². The Hall–Kier alpha value is -7.94. The monoisotopic (exact) mass is 777 g/mol. The van der Waals surface area contributed by atoms with Gasteiger partial charge >= 0.3 is 0 Å². The lowest BCUT2D eigenvalue weighted by Crippen LogP contribution is -2.32. The molecule has 0 saturated heterocycles. The van der Waals surface area contributed by atoms with E-state index in [-0.39, 0.29) is 0 Å². The fraction of sp³-hybridized carbons (Fsp3) is 0.0169. The number of rotatable bonds is 6. The molecule has 1 aliphatic heterocycles. The lowest BCUT2D eigenvalue weighted by molar-refractivity contribution is 0.436. The molecule has 0 fully saturated rings. The quantitative estimate of drug-likeness (QED) is 0.167. The van der Waals surface area contributed by atoms with Gasteiger partial charge < -0.3 is 9.64 Å². The lowest BCUT2D eigenvalue weighted by Gasteiger charge is -2.39. The molecule has 286 valence electrons.